The van der Waals surface area contributed by atoms with Crippen molar-refractivity contribution in [1.82, 2.24) is 14.8 Å². The zero-order chi connectivity index (χ0) is 17.5. The summed E-state index contributed by atoms with van der Waals surface area (Å²) in [6.45, 7) is 1.49. The maximum atomic E-state index is 5.45. The van der Waals surface area contributed by atoms with Gasteiger partial charge in [0.15, 0.2) is 4.77 Å². The fourth-order valence-electron chi connectivity index (χ4n) is 2.65. The predicted octanol–water partition coefficient (Wildman–Crippen LogP) is 4.86. The summed E-state index contributed by atoms with van der Waals surface area (Å²) in [4.78, 5) is 1.20. The highest BCUT2D eigenvalue weighted by molar-refractivity contribution is 7.99. The van der Waals surface area contributed by atoms with Gasteiger partial charge in [0.05, 0.1) is 5.25 Å². The van der Waals surface area contributed by atoms with Crippen LogP contribution in [0.2, 0.25) is 0 Å². The molecule has 130 valence electrons. The van der Waals surface area contributed by atoms with Gasteiger partial charge in [-0.1, -0.05) is 48.5 Å². The quantitative estimate of drug-likeness (QED) is 0.349. The number of ether oxygens (including phenoxy) is 1. The van der Waals surface area contributed by atoms with E-state index in [4.69, 9.17) is 17.0 Å². The Kier molecular flexibility index (Phi) is 6.44. The van der Waals surface area contributed by atoms with Gasteiger partial charge in [-0.2, -0.15) is 5.10 Å². The summed E-state index contributed by atoms with van der Waals surface area (Å²) in [5.74, 6) is 0.946. The predicted molar refractivity (Wildman–Crippen MR) is 104 cm³/mol. The van der Waals surface area contributed by atoms with Crippen LogP contribution in [0.5, 0.6) is 0 Å². The zero-order valence-corrected chi connectivity index (χ0v) is 15.7. The van der Waals surface area contributed by atoms with E-state index in [9.17, 15) is 0 Å². The first-order chi connectivity index (χ1) is 12.3. The first-order valence-corrected chi connectivity index (χ1v) is 9.49. The minimum Gasteiger partial charge on any atom is -0.385 e. The van der Waals surface area contributed by atoms with Crippen molar-refractivity contribution in [3.63, 3.8) is 0 Å². The molecule has 0 saturated carbocycles. The summed E-state index contributed by atoms with van der Waals surface area (Å²) < 4.78 is 7.92. The molecule has 0 radical (unpaired) electrons. The number of rotatable bonds is 8. The summed E-state index contributed by atoms with van der Waals surface area (Å²) in [7, 11) is 1.72. The molecule has 0 unspecified atom stereocenters. The number of nitrogens with one attached hydrogen (secondary N) is 1. The summed E-state index contributed by atoms with van der Waals surface area (Å²) in [5.41, 5.74) is 1.21. The monoisotopic (exact) mass is 371 g/mol. The lowest BCUT2D eigenvalue weighted by Crippen LogP contribution is -2.10. The number of nitrogens with zero attached hydrogens (tertiary/aromatic N) is 2. The van der Waals surface area contributed by atoms with E-state index in [-0.39, 0.29) is 5.25 Å². The molecule has 0 aliphatic carbocycles. The molecule has 0 aliphatic rings. The number of aromatic amines is 1. The fourth-order valence-corrected chi connectivity index (χ4v) is 4.04. The van der Waals surface area contributed by atoms with Gasteiger partial charge in [-0.25, -0.2) is 0 Å². The largest absolute Gasteiger partial charge is 0.385 e. The number of benzene rings is 2. The molecular weight excluding hydrogens is 350 g/mol. The number of methoxy groups -OCH3 is 1. The topological polar surface area (TPSA) is 42.8 Å². The van der Waals surface area contributed by atoms with Crippen LogP contribution in [-0.4, -0.2) is 28.5 Å². The lowest BCUT2D eigenvalue weighted by molar-refractivity contribution is 0.190. The van der Waals surface area contributed by atoms with Crippen molar-refractivity contribution < 1.29 is 4.74 Å². The molecule has 1 heterocycles. The van der Waals surface area contributed by atoms with E-state index in [1.54, 1.807) is 18.9 Å². The van der Waals surface area contributed by atoms with Gasteiger partial charge < -0.3 is 9.30 Å². The van der Waals surface area contributed by atoms with Gasteiger partial charge in [-0.3, -0.25) is 5.10 Å². The Labute approximate surface area is 157 Å². The van der Waals surface area contributed by atoms with Crippen molar-refractivity contribution in [2.45, 2.75) is 23.1 Å². The van der Waals surface area contributed by atoms with Crippen LogP contribution in [0.15, 0.2) is 65.6 Å². The third-order valence-corrected chi connectivity index (χ3v) is 5.43. The van der Waals surface area contributed by atoms with E-state index in [0.717, 1.165) is 18.8 Å². The number of thioether (sulfide) groups is 1. The SMILES string of the molecule is COCCCn1c([C@@H](Sc2ccccc2)c2ccccc2)n[nH]c1=S. The van der Waals surface area contributed by atoms with Crippen LogP contribution in [-0.2, 0) is 11.3 Å². The van der Waals surface area contributed by atoms with E-state index < -0.39 is 0 Å². The minimum absolute atomic E-state index is 0.0686. The Balaban J connectivity index is 1.96. The average Bonchev–Trinajstić information content (AvgIpc) is 3.02. The third-order valence-electron chi connectivity index (χ3n) is 3.85. The third kappa shape index (κ3) is 4.60. The van der Waals surface area contributed by atoms with Gasteiger partial charge in [0.2, 0.25) is 0 Å². The smallest absolute Gasteiger partial charge is 0.195 e. The number of H-pyrrole nitrogens is 1. The van der Waals surface area contributed by atoms with Crippen LogP contribution in [0.1, 0.15) is 23.1 Å². The van der Waals surface area contributed by atoms with Crippen LogP contribution in [0.25, 0.3) is 0 Å². The van der Waals surface area contributed by atoms with Crippen molar-refractivity contribution in [3.05, 3.63) is 76.8 Å². The summed E-state index contributed by atoms with van der Waals surface area (Å²) >= 11 is 7.23. The summed E-state index contributed by atoms with van der Waals surface area (Å²) in [5, 5.41) is 7.58. The fraction of sp³-hybridized carbons (Fsp3) is 0.263. The van der Waals surface area contributed by atoms with E-state index in [2.05, 4.69) is 63.3 Å². The molecule has 3 rings (SSSR count). The molecule has 3 aromatic rings. The van der Waals surface area contributed by atoms with Gasteiger partial charge in [0.1, 0.15) is 5.82 Å². The lowest BCUT2D eigenvalue weighted by Gasteiger charge is -2.18. The van der Waals surface area contributed by atoms with Crippen molar-refractivity contribution in [3.8, 4) is 0 Å². The molecule has 0 fully saturated rings. The van der Waals surface area contributed by atoms with Gasteiger partial charge in [0, 0.05) is 25.2 Å². The Morgan fingerprint density at radius 2 is 1.80 bits per heavy atom. The molecule has 2 aromatic carbocycles. The van der Waals surface area contributed by atoms with Crippen molar-refractivity contribution in [2.24, 2.45) is 0 Å². The first kappa shape index (κ1) is 17.9. The molecule has 25 heavy (non-hydrogen) atoms. The van der Waals surface area contributed by atoms with E-state index in [1.165, 1.54) is 10.5 Å². The van der Waals surface area contributed by atoms with Gasteiger partial charge >= 0.3 is 0 Å². The molecule has 0 saturated heterocycles. The summed E-state index contributed by atoms with van der Waals surface area (Å²) in [6.07, 6.45) is 0.898. The summed E-state index contributed by atoms with van der Waals surface area (Å²) in [6, 6.07) is 20.8. The second kappa shape index (κ2) is 8.99. The molecule has 4 nitrogen and oxygen atoms in total. The Morgan fingerprint density at radius 1 is 1.12 bits per heavy atom. The van der Waals surface area contributed by atoms with E-state index in [0.29, 0.717) is 11.4 Å². The van der Waals surface area contributed by atoms with Crippen molar-refractivity contribution in [2.75, 3.05) is 13.7 Å². The first-order valence-electron chi connectivity index (χ1n) is 8.20. The second-order valence-corrected chi connectivity index (χ2v) is 7.17. The van der Waals surface area contributed by atoms with E-state index in [1.807, 2.05) is 12.1 Å². The molecule has 0 amide bonds. The molecule has 1 atom stereocenters. The minimum atomic E-state index is 0.0686. The van der Waals surface area contributed by atoms with Crippen LogP contribution in [0.4, 0.5) is 0 Å². The van der Waals surface area contributed by atoms with Crippen LogP contribution in [0.3, 0.4) is 0 Å². The van der Waals surface area contributed by atoms with Gasteiger partial charge in [0.25, 0.3) is 0 Å². The normalized spacial score (nSPS) is 12.2. The number of aromatic nitrogens is 3. The van der Waals surface area contributed by atoms with Crippen LogP contribution in [0, 0.1) is 4.77 Å². The highest BCUT2D eigenvalue weighted by atomic mass is 32.2. The van der Waals surface area contributed by atoms with Crippen molar-refractivity contribution >= 4 is 24.0 Å². The van der Waals surface area contributed by atoms with Crippen molar-refractivity contribution in [1.29, 1.82) is 0 Å². The maximum absolute atomic E-state index is 5.45. The molecule has 0 spiro atoms. The van der Waals surface area contributed by atoms with Gasteiger partial charge in [-0.05, 0) is 36.3 Å². The molecule has 0 bridgehead atoms. The highest BCUT2D eigenvalue weighted by Gasteiger charge is 2.22. The standard InChI is InChI=1S/C19H21N3OS2/c1-23-14-8-13-22-18(20-21-19(22)24)17(15-9-4-2-5-10-15)25-16-11-6-3-7-12-16/h2-7,9-12,17H,8,13-14H2,1H3,(H,21,24)/t17-/m0/s1. The van der Waals surface area contributed by atoms with Gasteiger partial charge in [-0.15, -0.1) is 11.8 Å². The lowest BCUT2D eigenvalue weighted by atomic mass is 10.1. The molecule has 1 aromatic heterocycles. The molecular formula is C19H21N3OS2. The average molecular weight is 372 g/mol. The molecule has 6 heteroatoms. The molecule has 1 N–H and O–H groups in total. The van der Waals surface area contributed by atoms with E-state index >= 15 is 0 Å². The maximum Gasteiger partial charge on any atom is 0.195 e. The Bertz CT molecular complexity index is 831. The highest BCUT2D eigenvalue weighted by Crippen LogP contribution is 2.39. The van der Waals surface area contributed by atoms with Crippen LogP contribution >= 0.6 is 24.0 Å². The Morgan fingerprint density at radius 3 is 2.48 bits per heavy atom. The Hall–Kier alpha value is -1.89. The zero-order valence-electron chi connectivity index (χ0n) is 14.1. The van der Waals surface area contributed by atoms with Crippen LogP contribution < -0.4 is 0 Å². The number of hydrogen-bond acceptors (Lipinski definition) is 4. The molecule has 0 aliphatic heterocycles. The number of hydrogen-bond donors (Lipinski definition) is 1. The second-order valence-electron chi connectivity index (χ2n) is 5.61.